The molecule has 0 radical (unpaired) electrons. The first-order valence-electron chi connectivity index (χ1n) is 29.1. The van der Waals surface area contributed by atoms with Crippen LogP contribution in [0.1, 0.15) is 278 Å². The van der Waals surface area contributed by atoms with E-state index in [9.17, 15) is 9.59 Å². The summed E-state index contributed by atoms with van der Waals surface area (Å²) in [6.45, 7) is 7.67. The van der Waals surface area contributed by atoms with E-state index < -0.39 is 6.10 Å². The van der Waals surface area contributed by atoms with E-state index in [1.165, 1.54) is 154 Å². The molecule has 0 saturated carbocycles. The second-order valence-corrected chi connectivity index (χ2v) is 19.2. The van der Waals surface area contributed by atoms with Gasteiger partial charge in [0.05, 0.1) is 6.61 Å². The molecule has 0 spiro atoms. The molecule has 0 N–H and O–H groups in total. The monoisotopic (exact) mass is 947 g/mol. The minimum atomic E-state index is -0.552. The smallest absolute Gasteiger partial charge is 0.306 e. The van der Waals surface area contributed by atoms with Gasteiger partial charge in [-0.3, -0.25) is 9.59 Å². The van der Waals surface area contributed by atoms with Gasteiger partial charge in [-0.15, -0.1) is 0 Å². The van der Waals surface area contributed by atoms with Crippen LogP contribution in [0.5, 0.6) is 0 Å². The Kier molecular flexibility index (Phi) is 55.9. The van der Waals surface area contributed by atoms with Crippen molar-refractivity contribution in [3.05, 3.63) is 85.1 Å². The Balaban J connectivity index is 4.30. The van der Waals surface area contributed by atoms with Crippen molar-refractivity contribution < 1.29 is 23.8 Å². The Morgan fingerprint density at radius 2 is 0.662 bits per heavy atom. The van der Waals surface area contributed by atoms with Gasteiger partial charge in [0.25, 0.3) is 0 Å². The second-order valence-electron chi connectivity index (χ2n) is 19.2. The van der Waals surface area contributed by atoms with E-state index in [0.29, 0.717) is 19.4 Å². The van der Waals surface area contributed by atoms with Gasteiger partial charge in [-0.25, -0.2) is 0 Å². The number of hydrogen-bond acceptors (Lipinski definition) is 5. The van der Waals surface area contributed by atoms with Gasteiger partial charge >= 0.3 is 11.9 Å². The topological polar surface area (TPSA) is 61.8 Å². The van der Waals surface area contributed by atoms with Crippen molar-refractivity contribution in [3.63, 3.8) is 0 Å². The molecule has 0 aliphatic rings. The molecule has 0 saturated heterocycles. The Hall–Kier alpha value is -2.92. The van der Waals surface area contributed by atoms with Crippen LogP contribution in [0.15, 0.2) is 85.1 Å². The zero-order valence-electron chi connectivity index (χ0n) is 45.1. The van der Waals surface area contributed by atoms with Crippen LogP contribution in [0.25, 0.3) is 0 Å². The number of esters is 2. The Labute approximate surface area is 422 Å². The highest BCUT2D eigenvalue weighted by Gasteiger charge is 2.17. The molecular formula is C63H110O5. The molecule has 5 nitrogen and oxygen atoms in total. The van der Waals surface area contributed by atoms with Crippen molar-refractivity contribution in [2.24, 2.45) is 0 Å². The number of unbranched alkanes of at least 4 members (excludes halogenated alkanes) is 28. The first kappa shape index (κ1) is 65.1. The first-order valence-corrected chi connectivity index (χ1v) is 29.1. The van der Waals surface area contributed by atoms with Crippen molar-refractivity contribution in [3.8, 4) is 0 Å². The lowest BCUT2D eigenvalue weighted by molar-refractivity contribution is -0.163. The standard InChI is InChI=1S/C63H110O5/c1-4-7-10-13-16-19-22-25-28-30-32-34-36-38-41-44-47-50-53-56-62(64)67-60-61(59-66-58-55-52-49-46-43-40-27-24-21-18-15-12-9-6-3)68-63(65)57-54-51-48-45-42-39-37-35-33-31-29-26-23-20-17-14-11-8-5-2/h7,10,16-17,19-21,24-26,28-29,32,34,61H,4-6,8-9,11-15,18,22-23,27,30-31,33,35-60H2,1-3H3/b10-7-,19-16-,20-17-,24-21-,28-25-,29-26-,34-32-. The lowest BCUT2D eigenvalue weighted by atomic mass is 10.1. The predicted octanol–water partition coefficient (Wildman–Crippen LogP) is 20.0. The maximum atomic E-state index is 12.9. The van der Waals surface area contributed by atoms with Crippen molar-refractivity contribution in [1.82, 2.24) is 0 Å². The molecule has 5 heteroatoms. The van der Waals surface area contributed by atoms with Crippen molar-refractivity contribution in [1.29, 1.82) is 0 Å². The Morgan fingerprint density at radius 3 is 1.10 bits per heavy atom. The number of hydrogen-bond donors (Lipinski definition) is 0. The first-order chi connectivity index (χ1) is 33.6. The van der Waals surface area contributed by atoms with E-state index in [1.807, 2.05) is 0 Å². The summed E-state index contributed by atoms with van der Waals surface area (Å²) < 4.78 is 17.5. The van der Waals surface area contributed by atoms with Gasteiger partial charge in [0.15, 0.2) is 6.10 Å². The van der Waals surface area contributed by atoms with Crippen LogP contribution < -0.4 is 0 Å². The molecule has 0 aromatic heterocycles. The molecule has 0 aliphatic heterocycles. The fourth-order valence-electron chi connectivity index (χ4n) is 8.06. The van der Waals surface area contributed by atoms with Crippen molar-refractivity contribution in [2.75, 3.05) is 19.8 Å². The van der Waals surface area contributed by atoms with Crippen molar-refractivity contribution in [2.45, 2.75) is 284 Å². The number of carbonyl (C=O) groups excluding carboxylic acids is 2. The zero-order valence-corrected chi connectivity index (χ0v) is 45.1. The average Bonchev–Trinajstić information content (AvgIpc) is 3.34. The SMILES string of the molecule is CC/C=C\C/C=C\C/C=C\C/C=C\CCCCCCCCC(=O)OCC(COCCCCCCCC/C=C\CCCCCC)OC(=O)CCCCCCCCCCC/C=C\C/C=C\CCCCC. The summed E-state index contributed by atoms with van der Waals surface area (Å²) in [5.74, 6) is -0.416. The average molecular weight is 948 g/mol. The Bertz CT molecular complexity index is 1250. The summed E-state index contributed by atoms with van der Waals surface area (Å²) >= 11 is 0. The number of carbonyl (C=O) groups is 2. The molecule has 392 valence electrons. The molecule has 0 aliphatic carbocycles. The molecule has 0 bridgehead atoms. The normalized spacial score (nSPS) is 12.8. The lowest BCUT2D eigenvalue weighted by Gasteiger charge is -2.18. The predicted molar refractivity (Wildman–Crippen MR) is 297 cm³/mol. The van der Waals surface area contributed by atoms with E-state index in [2.05, 4.69) is 106 Å². The minimum absolute atomic E-state index is 0.0713. The lowest BCUT2D eigenvalue weighted by Crippen LogP contribution is -2.30. The molecule has 0 aromatic carbocycles. The van der Waals surface area contributed by atoms with Gasteiger partial charge in [0, 0.05) is 19.4 Å². The van der Waals surface area contributed by atoms with Crippen LogP contribution in [0.4, 0.5) is 0 Å². The molecule has 1 atom stereocenters. The summed E-state index contributed by atoms with van der Waals surface area (Å²) in [6.07, 6.45) is 77.4. The number of rotatable bonds is 53. The molecule has 0 heterocycles. The number of allylic oxidation sites excluding steroid dienone is 14. The Morgan fingerprint density at radius 1 is 0.338 bits per heavy atom. The molecular weight excluding hydrogens is 837 g/mol. The van der Waals surface area contributed by atoms with Crippen LogP contribution in [0.3, 0.4) is 0 Å². The summed E-state index contributed by atoms with van der Waals surface area (Å²) in [5.41, 5.74) is 0. The quantitative estimate of drug-likeness (QED) is 0.0345. The zero-order chi connectivity index (χ0) is 49.2. The second kappa shape index (κ2) is 58.4. The summed E-state index contributed by atoms with van der Waals surface area (Å²) in [6, 6.07) is 0. The van der Waals surface area contributed by atoms with Gasteiger partial charge in [-0.1, -0.05) is 234 Å². The molecule has 0 fully saturated rings. The molecule has 0 aromatic rings. The van der Waals surface area contributed by atoms with Gasteiger partial charge < -0.3 is 14.2 Å². The largest absolute Gasteiger partial charge is 0.462 e. The third kappa shape index (κ3) is 55.7. The maximum Gasteiger partial charge on any atom is 0.306 e. The van der Waals surface area contributed by atoms with E-state index in [-0.39, 0.29) is 25.2 Å². The van der Waals surface area contributed by atoms with E-state index in [0.717, 1.165) is 89.9 Å². The van der Waals surface area contributed by atoms with E-state index >= 15 is 0 Å². The summed E-state index contributed by atoms with van der Waals surface area (Å²) in [7, 11) is 0. The molecule has 0 amide bonds. The highest BCUT2D eigenvalue weighted by molar-refractivity contribution is 5.70. The number of ether oxygens (including phenoxy) is 3. The summed E-state index contributed by atoms with van der Waals surface area (Å²) in [4.78, 5) is 25.5. The third-order valence-corrected chi connectivity index (χ3v) is 12.4. The van der Waals surface area contributed by atoms with Crippen LogP contribution in [0.2, 0.25) is 0 Å². The fourth-order valence-corrected chi connectivity index (χ4v) is 8.06. The van der Waals surface area contributed by atoms with Crippen LogP contribution in [-0.4, -0.2) is 37.9 Å². The third-order valence-electron chi connectivity index (χ3n) is 12.4. The van der Waals surface area contributed by atoms with Crippen LogP contribution >= 0.6 is 0 Å². The fraction of sp³-hybridized carbons (Fsp3) is 0.746. The van der Waals surface area contributed by atoms with Gasteiger partial charge in [0.2, 0.25) is 0 Å². The summed E-state index contributed by atoms with van der Waals surface area (Å²) in [5, 5.41) is 0. The van der Waals surface area contributed by atoms with E-state index in [4.69, 9.17) is 14.2 Å². The molecule has 1 unspecified atom stereocenters. The maximum absolute atomic E-state index is 12.9. The van der Waals surface area contributed by atoms with Gasteiger partial charge in [-0.05, 0) is 116 Å². The van der Waals surface area contributed by atoms with Gasteiger partial charge in [0.1, 0.15) is 6.61 Å². The van der Waals surface area contributed by atoms with Crippen LogP contribution in [0, 0.1) is 0 Å². The van der Waals surface area contributed by atoms with E-state index in [1.54, 1.807) is 0 Å². The van der Waals surface area contributed by atoms with Crippen molar-refractivity contribution >= 4 is 11.9 Å². The van der Waals surface area contributed by atoms with Gasteiger partial charge in [-0.2, -0.15) is 0 Å². The van der Waals surface area contributed by atoms with Crippen LogP contribution in [-0.2, 0) is 23.8 Å². The highest BCUT2D eigenvalue weighted by Crippen LogP contribution is 2.15. The minimum Gasteiger partial charge on any atom is -0.462 e. The highest BCUT2D eigenvalue weighted by atomic mass is 16.6. The molecule has 0 rings (SSSR count). The molecule has 68 heavy (non-hydrogen) atoms.